The van der Waals surface area contributed by atoms with Crippen LogP contribution in [-0.2, 0) is 6.54 Å². The highest BCUT2D eigenvalue weighted by molar-refractivity contribution is 9.10. The fraction of sp³-hybridized carbons (Fsp3) is 0.571. The lowest BCUT2D eigenvalue weighted by atomic mass is 10.2. The molecule has 0 aromatic heterocycles. The van der Waals surface area contributed by atoms with E-state index in [9.17, 15) is 0 Å². The molecule has 0 bridgehead atoms. The van der Waals surface area contributed by atoms with Crippen molar-refractivity contribution >= 4 is 27.7 Å². The average Bonchev–Trinajstić information content (AvgIpc) is 2.37. The first-order valence-electron chi connectivity index (χ1n) is 6.49. The molecule has 0 aliphatic carbocycles. The van der Waals surface area contributed by atoms with Crippen molar-refractivity contribution in [3.63, 3.8) is 0 Å². The Morgan fingerprint density at radius 1 is 1.28 bits per heavy atom. The van der Waals surface area contributed by atoms with Crippen molar-refractivity contribution in [2.75, 3.05) is 32.4 Å². The van der Waals surface area contributed by atoms with Gasteiger partial charge in [-0.2, -0.15) is 0 Å². The van der Waals surface area contributed by atoms with Crippen LogP contribution in [0.5, 0.6) is 0 Å². The number of nitrogens with zero attached hydrogens (tertiary/aromatic N) is 1. The van der Waals surface area contributed by atoms with Gasteiger partial charge < -0.3 is 10.2 Å². The zero-order chi connectivity index (χ0) is 13.4. The summed E-state index contributed by atoms with van der Waals surface area (Å²) in [6, 6.07) is 6.61. The van der Waals surface area contributed by atoms with Crippen LogP contribution in [0.15, 0.2) is 27.6 Å². The molecule has 0 heterocycles. The van der Waals surface area contributed by atoms with Crippen LogP contribution in [0.1, 0.15) is 19.4 Å². The summed E-state index contributed by atoms with van der Waals surface area (Å²) in [5.41, 5.74) is 1.32. The quantitative estimate of drug-likeness (QED) is 0.733. The lowest BCUT2D eigenvalue weighted by Crippen LogP contribution is -2.25. The Kier molecular flexibility index (Phi) is 7.98. The first kappa shape index (κ1) is 16.0. The molecule has 0 amide bonds. The molecule has 0 fully saturated rings. The molecule has 1 N–H and O–H groups in total. The maximum Gasteiger partial charge on any atom is 0.0314 e. The largest absolute Gasteiger partial charge is 0.316 e. The summed E-state index contributed by atoms with van der Waals surface area (Å²) < 4.78 is 1.21. The average molecular weight is 331 g/mol. The number of thioether (sulfide) groups is 1. The lowest BCUT2D eigenvalue weighted by Gasteiger charge is -2.17. The molecule has 1 aromatic rings. The van der Waals surface area contributed by atoms with E-state index in [0.717, 1.165) is 31.9 Å². The van der Waals surface area contributed by atoms with Gasteiger partial charge in [-0.1, -0.05) is 19.9 Å². The highest BCUT2D eigenvalue weighted by Crippen LogP contribution is 2.28. The number of hydrogen-bond acceptors (Lipinski definition) is 3. The molecule has 2 nitrogen and oxygen atoms in total. The van der Waals surface area contributed by atoms with Gasteiger partial charge in [0.25, 0.3) is 0 Å². The Labute approximate surface area is 124 Å². The Balaban J connectivity index is 2.47. The van der Waals surface area contributed by atoms with Gasteiger partial charge in [0.1, 0.15) is 0 Å². The second-order valence-electron chi connectivity index (χ2n) is 4.17. The van der Waals surface area contributed by atoms with Crippen LogP contribution in [0.4, 0.5) is 0 Å². The molecule has 0 saturated heterocycles. The van der Waals surface area contributed by atoms with Crippen LogP contribution in [-0.4, -0.2) is 37.3 Å². The molecule has 0 unspecified atom stereocenters. The first-order chi connectivity index (χ1) is 8.71. The van der Waals surface area contributed by atoms with Crippen LogP contribution < -0.4 is 5.32 Å². The monoisotopic (exact) mass is 330 g/mol. The Morgan fingerprint density at radius 2 is 2.00 bits per heavy atom. The van der Waals surface area contributed by atoms with E-state index >= 15 is 0 Å². The third kappa shape index (κ3) is 5.31. The molecule has 0 aliphatic heterocycles. The molecule has 1 rings (SSSR count). The molecule has 0 spiro atoms. The van der Waals surface area contributed by atoms with Crippen LogP contribution in [0.3, 0.4) is 0 Å². The van der Waals surface area contributed by atoms with Crippen LogP contribution >= 0.6 is 27.7 Å². The highest BCUT2D eigenvalue weighted by atomic mass is 79.9. The normalized spacial score (nSPS) is 11.2. The summed E-state index contributed by atoms with van der Waals surface area (Å²) in [5, 5.41) is 3.17. The van der Waals surface area contributed by atoms with E-state index in [2.05, 4.69) is 58.2 Å². The molecule has 18 heavy (non-hydrogen) atoms. The molecular weight excluding hydrogens is 308 g/mol. The minimum absolute atomic E-state index is 0.920. The van der Waals surface area contributed by atoms with Crippen molar-refractivity contribution < 1.29 is 0 Å². The molecule has 1 aromatic carbocycles. The fourth-order valence-corrected chi connectivity index (χ4v) is 3.50. The zero-order valence-electron chi connectivity index (χ0n) is 11.5. The third-order valence-electron chi connectivity index (χ3n) is 2.94. The SMILES string of the molecule is CCN(CC)CCSc1ccc(CNC)cc1Br. The van der Waals surface area contributed by atoms with Crippen molar-refractivity contribution in [1.29, 1.82) is 0 Å². The molecule has 4 heteroatoms. The molecular formula is C14H23BrN2S. The van der Waals surface area contributed by atoms with Crippen molar-refractivity contribution in [1.82, 2.24) is 10.2 Å². The Morgan fingerprint density at radius 3 is 2.56 bits per heavy atom. The predicted octanol–water partition coefficient (Wildman–Crippen LogP) is 3.60. The molecule has 0 aliphatic rings. The fourth-order valence-electron chi connectivity index (χ4n) is 1.80. The number of nitrogens with one attached hydrogen (secondary N) is 1. The second-order valence-corrected chi connectivity index (χ2v) is 6.16. The van der Waals surface area contributed by atoms with E-state index in [0.29, 0.717) is 0 Å². The number of benzene rings is 1. The smallest absolute Gasteiger partial charge is 0.0314 e. The van der Waals surface area contributed by atoms with Crippen LogP contribution in [0.2, 0.25) is 0 Å². The minimum atomic E-state index is 0.920. The van der Waals surface area contributed by atoms with Crippen LogP contribution in [0.25, 0.3) is 0 Å². The van der Waals surface area contributed by atoms with E-state index < -0.39 is 0 Å². The van der Waals surface area contributed by atoms with Gasteiger partial charge in [-0.05, 0) is 53.8 Å². The molecule has 0 radical (unpaired) electrons. The van der Waals surface area contributed by atoms with E-state index in [4.69, 9.17) is 0 Å². The Hall–Kier alpha value is -0.0300. The maximum absolute atomic E-state index is 3.66. The van der Waals surface area contributed by atoms with Gasteiger partial charge in [0.15, 0.2) is 0 Å². The topological polar surface area (TPSA) is 15.3 Å². The lowest BCUT2D eigenvalue weighted by molar-refractivity contribution is 0.324. The van der Waals surface area contributed by atoms with Crippen LogP contribution in [0, 0.1) is 0 Å². The summed E-state index contributed by atoms with van der Waals surface area (Å²) in [6.07, 6.45) is 0. The van der Waals surface area contributed by atoms with E-state index in [-0.39, 0.29) is 0 Å². The van der Waals surface area contributed by atoms with Crippen molar-refractivity contribution in [3.8, 4) is 0 Å². The number of halogens is 1. The van der Waals surface area contributed by atoms with Crippen molar-refractivity contribution in [3.05, 3.63) is 28.2 Å². The first-order valence-corrected chi connectivity index (χ1v) is 8.27. The summed E-state index contributed by atoms with van der Waals surface area (Å²) >= 11 is 5.58. The van der Waals surface area contributed by atoms with E-state index in [1.54, 1.807) is 0 Å². The van der Waals surface area contributed by atoms with Gasteiger partial charge in [0.05, 0.1) is 0 Å². The van der Waals surface area contributed by atoms with E-state index in [1.807, 2.05) is 18.8 Å². The second kappa shape index (κ2) is 8.97. The summed E-state index contributed by atoms with van der Waals surface area (Å²) in [4.78, 5) is 3.79. The van der Waals surface area contributed by atoms with Crippen molar-refractivity contribution in [2.24, 2.45) is 0 Å². The van der Waals surface area contributed by atoms with Gasteiger partial charge in [0, 0.05) is 28.2 Å². The zero-order valence-corrected chi connectivity index (χ0v) is 13.9. The number of rotatable bonds is 8. The molecule has 102 valence electrons. The van der Waals surface area contributed by atoms with Gasteiger partial charge in [-0.15, -0.1) is 11.8 Å². The summed E-state index contributed by atoms with van der Waals surface area (Å²) in [6.45, 7) is 8.79. The summed E-state index contributed by atoms with van der Waals surface area (Å²) in [5.74, 6) is 1.14. The van der Waals surface area contributed by atoms with Gasteiger partial charge in [-0.3, -0.25) is 0 Å². The van der Waals surface area contributed by atoms with Crippen molar-refractivity contribution in [2.45, 2.75) is 25.3 Å². The number of hydrogen-bond donors (Lipinski definition) is 1. The van der Waals surface area contributed by atoms with E-state index in [1.165, 1.54) is 14.9 Å². The van der Waals surface area contributed by atoms with Gasteiger partial charge >= 0.3 is 0 Å². The van der Waals surface area contributed by atoms with Gasteiger partial charge in [-0.25, -0.2) is 0 Å². The maximum atomic E-state index is 3.66. The highest BCUT2D eigenvalue weighted by Gasteiger charge is 2.04. The summed E-state index contributed by atoms with van der Waals surface area (Å²) in [7, 11) is 1.97. The van der Waals surface area contributed by atoms with Gasteiger partial charge in [0.2, 0.25) is 0 Å². The molecule has 0 atom stereocenters. The predicted molar refractivity (Wildman–Crippen MR) is 85.4 cm³/mol. The molecule has 0 saturated carbocycles. The standard InChI is InChI=1S/C14H23BrN2S/c1-4-17(5-2)8-9-18-14-7-6-12(11-16-3)10-13(14)15/h6-7,10,16H,4-5,8-9,11H2,1-3H3. The third-order valence-corrected chi connectivity index (χ3v) is 4.91. The Bertz CT molecular complexity index is 354. The minimum Gasteiger partial charge on any atom is -0.316 e.